The molecule has 2 aromatic heterocycles. The summed E-state index contributed by atoms with van der Waals surface area (Å²) < 4.78 is 8.99. The molecule has 0 fully saturated rings. The Morgan fingerprint density at radius 3 is 1.89 bits per heavy atom. The van der Waals surface area contributed by atoms with Crippen molar-refractivity contribution in [1.29, 1.82) is 0 Å². The molecule has 0 N–H and O–H groups in total. The smallest absolute Gasteiger partial charge is 0.143 e. The Kier molecular flexibility index (Phi) is 3.99. The summed E-state index contributed by atoms with van der Waals surface area (Å²) in [6.45, 7) is 0. The molecule has 38 heavy (non-hydrogen) atoms. The lowest BCUT2D eigenvalue weighted by molar-refractivity contribution is 0.672. The van der Waals surface area contributed by atoms with Gasteiger partial charge in [0, 0.05) is 36.3 Å². The van der Waals surface area contributed by atoms with E-state index in [1.165, 1.54) is 74.4 Å². The third-order valence-corrected chi connectivity index (χ3v) is 9.15. The third kappa shape index (κ3) is 2.70. The molecule has 0 bridgehead atoms. The number of rotatable bonds is 1. The first-order valence-electron chi connectivity index (χ1n) is 12.9. The lowest BCUT2D eigenvalue weighted by Gasteiger charge is -2.12. The van der Waals surface area contributed by atoms with Crippen LogP contribution in [0.15, 0.2) is 126 Å². The van der Waals surface area contributed by atoms with Crippen LogP contribution in [-0.2, 0) is 0 Å². The van der Waals surface area contributed by atoms with Crippen LogP contribution in [0.3, 0.4) is 0 Å². The topological polar surface area (TPSA) is 13.1 Å². The first-order chi connectivity index (χ1) is 18.8. The largest absolute Gasteiger partial charge is 0.455 e. The minimum Gasteiger partial charge on any atom is -0.455 e. The average Bonchev–Trinajstić information content (AvgIpc) is 3.54. The highest BCUT2D eigenvalue weighted by atomic mass is 32.1. The highest BCUT2D eigenvalue weighted by Crippen LogP contribution is 2.44. The second-order valence-electron chi connectivity index (χ2n) is 10.1. The fourth-order valence-corrected chi connectivity index (χ4v) is 7.50. The lowest BCUT2D eigenvalue weighted by atomic mass is 9.91. The predicted molar refractivity (Wildman–Crippen MR) is 165 cm³/mol. The van der Waals surface area contributed by atoms with Crippen LogP contribution in [0.2, 0.25) is 0 Å². The number of para-hydroxylation sites is 1. The number of hydrogen-bond donors (Lipinski definition) is 0. The van der Waals surface area contributed by atoms with Gasteiger partial charge in [0.05, 0.1) is 0 Å². The molecule has 0 unspecified atom stereocenters. The van der Waals surface area contributed by atoms with Crippen LogP contribution in [0.5, 0.6) is 0 Å². The monoisotopic (exact) mass is 500 g/mol. The first kappa shape index (κ1) is 20.4. The van der Waals surface area contributed by atoms with Gasteiger partial charge in [-0.25, -0.2) is 0 Å². The van der Waals surface area contributed by atoms with Gasteiger partial charge in [-0.3, -0.25) is 0 Å². The standard InChI is InChI=1S/C36H20OS/c1-3-9-24-21(7-1)19-22-8-2-4-10-25(22)34(24)23-13-14-30-33(20-23)38-32-18-17-29-27(35(30)32)15-16-28-26-11-5-6-12-31(26)37-36(28)29/h1-20H. The van der Waals surface area contributed by atoms with Crippen LogP contribution in [0, 0.1) is 0 Å². The minimum absolute atomic E-state index is 0.942. The molecular formula is C36H20OS. The Morgan fingerprint density at radius 1 is 0.447 bits per heavy atom. The molecule has 0 amide bonds. The van der Waals surface area contributed by atoms with Gasteiger partial charge in [0.2, 0.25) is 0 Å². The molecule has 9 rings (SSSR count). The van der Waals surface area contributed by atoms with Crippen molar-refractivity contribution in [2.75, 3.05) is 0 Å². The van der Waals surface area contributed by atoms with E-state index in [-0.39, 0.29) is 0 Å². The van der Waals surface area contributed by atoms with E-state index in [0.717, 1.165) is 11.2 Å². The number of fused-ring (bicyclic) bond motifs is 11. The van der Waals surface area contributed by atoms with Gasteiger partial charge in [-0.1, -0.05) is 84.9 Å². The number of benzene rings is 7. The highest BCUT2D eigenvalue weighted by Gasteiger charge is 2.16. The quantitative estimate of drug-likeness (QED) is 0.204. The van der Waals surface area contributed by atoms with Crippen LogP contribution in [-0.4, -0.2) is 0 Å². The zero-order chi connectivity index (χ0) is 24.8. The molecule has 2 heterocycles. The van der Waals surface area contributed by atoms with Gasteiger partial charge < -0.3 is 4.42 Å². The molecule has 176 valence electrons. The SMILES string of the molecule is c1ccc2c(-c3ccc4c(c3)sc3ccc5c(ccc6c7ccccc7oc65)c34)c3ccccc3cc2c1. The zero-order valence-corrected chi connectivity index (χ0v) is 21.2. The van der Waals surface area contributed by atoms with Crippen molar-refractivity contribution in [3.63, 3.8) is 0 Å². The normalized spacial score (nSPS) is 12.2. The highest BCUT2D eigenvalue weighted by molar-refractivity contribution is 7.26. The molecule has 7 aromatic carbocycles. The minimum atomic E-state index is 0.942. The van der Waals surface area contributed by atoms with E-state index in [2.05, 4.69) is 115 Å². The molecule has 9 aromatic rings. The summed E-state index contributed by atoms with van der Waals surface area (Å²) >= 11 is 1.88. The van der Waals surface area contributed by atoms with E-state index in [0.29, 0.717) is 0 Å². The summed E-state index contributed by atoms with van der Waals surface area (Å²) in [6.07, 6.45) is 0. The van der Waals surface area contributed by atoms with Gasteiger partial charge in [-0.15, -0.1) is 11.3 Å². The Hall–Kier alpha value is -4.66. The molecule has 0 atom stereocenters. The van der Waals surface area contributed by atoms with Crippen molar-refractivity contribution in [1.82, 2.24) is 0 Å². The van der Waals surface area contributed by atoms with E-state index >= 15 is 0 Å². The number of hydrogen-bond acceptors (Lipinski definition) is 2. The summed E-state index contributed by atoms with van der Waals surface area (Å²) in [6, 6.07) is 44.1. The van der Waals surface area contributed by atoms with Gasteiger partial charge in [-0.05, 0) is 74.5 Å². The lowest BCUT2D eigenvalue weighted by Crippen LogP contribution is -1.85. The van der Waals surface area contributed by atoms with Crippen LogP contribution in [0.25, 0.3) is 85.6 Å². The van der Waals surface area contributed by atoms with E-state index in [9.17, 15) is 0 Å². The summed E-state index contributed by atoms with van der Waals surface area (Å²) in [7, 11) is 0. The van der Waals surface area contributed by atoms with E-state index < -0.39 is 0 Å². The Balaban J connectivity index is 1.35. The Bertz CT molecular complexity index is 2350. The van der Waals surface area contributed by atoms with Crippen LogP contribution in [0.1, 0.15) is 0 Å². The van der Waals surface area contributed by atoms with Crippen molar-refractivity contribution in [2.24, 2.45) is 0 Å². The maximum Gasteiger partial charge on any atom is 0.143 e. The van der Waals surface area contributed by atoms with Gasteiger partial charge >= 0.3 is 0 Å². The van der Waals surface area contributed by atoms with Crippen molar-refractivity contribution >= 4 is 85.8 Å². The molecule has 0 aliphatic carbocycles. The maximum atomic E-state index is 6.37. The fourth-order valence-electron chi connectivity index (χ4n) is 6.34. The van der Waals surface area contributed by atoms with Crippen molar-refractivity contribution in [3.8, 4) is 11.1 Å². The Morgan fingerprint density at radius 2 is 1.08 bits per heavy atom. The second-order valence-corrected chi connectivity index (χ2v) is 11.2. The van der Waals surface area contributed by atoms with Crippen LogP contribution < -0.4 is 0 Å². The first-order valence-corrected chi connectivity index (χ1v) is 13.8. The molecule has 2 heteroatoms. The van der Waals surface area contributed by atoms with Gasteiger partial charge in [0.15, 0.2) is 0 Å². The van der Waals surface area contributed by atoms with Crippen LogP contribution in [0.4, 0.5) is 0 Å². The molecule has 1 nitrogen and oxygen atoms in total. The third-order valence-electron chi connectivity index (χ3n) is 8.03. The number of furan rings is 1. The zero-order valence-electron chi connectivity index (χ0n) is 20.4. The molecule has 0 saturated heterocycles. The average molecular weight is 501 g/mol. The van der Waals surface area contributed by atoms with Crippen molar-refractivity contribution in [2.45, 2.75) is 0 Å². The summed E-state index contributed by atoms with van der Waals surface area (Å²) in [5, 5.41) is 12.5. The predicted octanol–water partition coefficient (Wildman–Crippen LogP) is 11.1. The second kappa shape index (κ2) is 7.44. The molecule has 0 saturated carbocycles. The summed E-state index contributed by atoms with van der Waals surface area (Å²) in [5.74, 6) is 0. The van der Waals surface area contributed by atoms with Crippen molar-refractivity contribution in [3.05, 3.63) is 121 Å². The maximum absolute atomic E-state index is 6.37. The van der Waals surface area contributed by atoms with Crippen molar-refractivity contribution < 1.29 is 4.42 Å². The fraction of sp³-hybridized carbons (Fsp3) is 0. The van der Waals surface area contributed by atoms with Gasteiger partial charge in [-0.2, -0.15) is 0 Å². The summed E-state index contributed by atoms with van der Waals surface area (Å²) in [4.78, 5) is 0. The van der Waals surface area contributed by atoms with E-state index in [4.69, 9.17) is 4.42 Å². The molecule has 0 spiro atoms. The number of thiophene rings is 1. The van der Waals surface area contributed by atoms with Gasteiger partial charge in [0.1, 0.15) is 11.2 Å². The molecule has 0 aliphatic rings. The molecular weight excluding hydrogens is 480 g/mol. The molecule has 0 aliphatic heterocycles. The summed E-state index contributed by atoms with van der Waals surface area (Å²) in [5.41, 5.74) is 4.49. The van der Waals surface area contributed by atoms with Gasteiger partial charge in [0.25, 0.3) is 0 Å². The van der Waals surface area contributed by atoms with Crippen LogP contribution >= 0.6 is 11.3 Å². The Labute approximate surface area is 222 Å². The molecule has 0 radical (unpaired) electrons. The van der Waals surface area contributed by atoms with E-state index in [1.54, 1.807) is 0 Å². The van der Waals surface area contributed by atoms with E-state index in [1.807, 2.05) is 17.4 Å².